The number of hydrogen-bond acceptors (Lipinski definition) is 8. The van der Waals surface area contributed by atoms with Crippen molar-refractivity contribution in [2.45, 2.75) is 51.4 Å². The lowest BCUT2D eigenvalue weighted by Crippen LogP contribution is -2.14. The van der Waals surface area contributed by atoms with E-state index in [9.17, 15) is 20.1 Å². The summed E-state index contributed by atoms with van der Waals surface area (Å²) < 4.78 is 0. The molecule has 2 atom stereocenters. The van der Waals surface area contributed by atoms with Crippen LogP contribution < -0.4 is 11.1 Å². The molecule has 2 amide bonds. The number of carbonyl (C=O) groups excluding carboxylic acids is 2. The lowest BCUT2D eigenvalue weighted by molar-refractivity contribution is -0.117. The van der Waals surface area contributed by atoms with Crippen molar-refractivity contribution < 1.29 is 9.59 Å². The van der Waals surface area contributed by atoms with Crippen LogP contribution in [0.15, 0.2) is 64.5 Å². The van der Waals surface area contributed by atoms with E-state index in [1.165, 1.54) is 23.1 Å². The van der Waals surface area contributed by atoms with Gasteiger partial charge in [0.15, 0.2) is 5.17 Å². The van der Waals surface area contributed by atoms with Gasteiger partial charge in [-0.25, -0.2) is 0 Å². The van der Waals surface area contributed by atoms with Crippen LogP contribution in [0.2, 0.25) is 0 Å². The van der Waals surface area contributed by atoms with E-state index in [1.807, 2.05) is 0 Å². The predicted molar refractivity (Wildman–Crippen MR) is 161 cm³/mol. The van der Waals surface area contributed by atoms with Gasteiger partial charge in [-0.15, -0.1) is 10.2 Å². The van der Waals surface area contributed by atoms with Gasteiger partial charge in [0, 0.05) is 5.92 Å². The van der Waals surface area contributed by atoms with Gasteiger partial charge in [0.05, 0.1) is 36.1 Å². The van der Waals surface area contributed by atoms with Gasteiger partial charge in [0.25, 0.3) is 5.91 Å². The number of nitrogens with two attached hydrogens (primary N) is 1. The Labute approximate surface area is 247 Å². The van der Waals surface area contributed by atoms with Crippen LogP contribution in [0.3, 0.4) is 0 Å². The molecule has 2 aromatic carbocycles. The van der Waals surface area contributed by atoms with Crippen molar-refractivity contribution in [1.29, 1.82) is 10.5 Å². The van der Waals surface area contributed by atoms with E-state index in [2.05, 4.69) is 45.6 Å². The van der Waals surface area contributed by atoms with Gasteiger partial charge < -0.3 is 11.1 Å². The second-order valence-corrected chi connectivity index (χ2v) is 11.7. The Morgan fingerprint density at radius 3 is 2.39 bits per heavy atom. The zero-order valence-electron chi connectivity index (χ0n) is 22.5. The molecule has 41 heavy (non-hydrogen) atoms. The largest absolute Gasteiger partial charge is 0.378 e. The zero-order valence-corrected chi connectivity index (χ0v) is 24.2. The average Bonchev–Trinajstić information content (AvgIpc) is 3.63. The zero-order chi connectivity index (χ0) is 29.2. The number of amides is 2. The van der Waals surface area contributed by atoms with Crippen LogP contribution in [-0.2, 0) is 22.4 Å². The SMILES string of the molecule is CCC=C(SC(N)=NC(=O)Cc1ccccc1C#N)C1CCC(c2nnc(NC(=O)Cc3ccccc3C#N)s2)C1. The number of nitriles is 2. The number of anilines is 1. The summed E-state index contributed by atoms with van der Waals surface area (Å²) in [5.74, 6) is -0.190. The molecule has 1 aliphatic carbocycles. The Bertz CT molecular complexity index is 1560. The highest BCUT2D eigenvalue weighted by molar-refractivity contribution is 8.17. The molecule has 11 heteroatoms. The smallest absolute Gasteiger partial charge is 0.252 e. The van der Waals surface area contributed by atoms with Crippen LogP contribution >= 0.6 is 23.1 Å². The molecule has 1 aliphatic rings. The van der Waals surface area contributed by atoms with Gasteiger partial charge in [-0.2, -0.15) is 15.5 Å². The Morgan fingerprint density at radius 2 is 1.73 bits per heavy atom. The quantitative estimate of drug-likeness (QED) is 0.248. The topological polar surface area (TPSA) is 158 Å². The van der Waals surface area contributed by atoms with Crippen LogP contribution in [0.1, 0.15) is 65.8 Å². The van der Waals surface area contributed by atoms with Crippen molar-refractivity contribution in [3.8, 4) is 12.1 Å². The van der Waals surface area contributed by atoms with E-state index in [0.717, 1.165) is 35.6 Å². The van der Waals surface area contributed by atoms with E-state index >= 15 is 0 Å². The minimum Gasteiger partial charge on any atom is -0.378 e. The van der Waals surface area contributed by atoms with E-state index in [1.54, 1.807) is 48.5 Å². The number of nitrogens with one attached hydrogen (secondary N) is 1. The summed E-state index contributed by atoms with van der Waals surface area (Å²) in [5.41, 5.74) is 8.40. The van der Waals surface area contributed by atoms with Crippen molar-refractivity contribution in [2.75, 3.05) is 5.32 Å². The highest BCUT2D eigenvalue weighted by Crippen LogP contribution is 2.45. The summed E-state index contributed by atoms with van der Waals surface area (Å²) in [6.07, 6.45) is 5.77. The Balaban J connectivity index is 1.34. The van der Waals surface area contributed by atoms with Crippen molar-refractivity contribution >= 4 is 45.2 Å². The molecule has 3 aromatic rings. The minimum absolute atomic E-state index is 0.0179. The third kappa shape index (κ3) is 8.10. The Morgan fingerprint density at radius 1 is 1.07 bits per heavy atom. The molecule has 4 rings (SSSR count). The molecular formula is C30H29N7O2S2. The number of rotatable bonds is 9. The summed E-state index contributed by atoms with van der Waals surface area (Å²) in [7, 11) is 0. The van der Waals surface area contributed by atoms with E-state index in [0.29, 0.717) is 27.4 Å². The predicted octanol–water partition coefficient (Wildman–Crippen LogP) is 5.46. The van der Waals surface area contributed by atoms with E-state index < -0.39 is 5.91 Å². The maximum atomic E-state index is 12.6. The number of carbonyl (C=O) groups is 2. The first-order valence-electron chi connectivity index (χ1n) is 13.2. The molecule has 0 saturated heterocycles. The fraction of sp³-hybridized carbons (Fsp3) is 0.300. The molecule has 2 unspecified atom stereocenters. The molecule has 0 bridgehead atoms. The van der Waals surface area contributed by atoms with Gasteiger partial charge in [-0.05, 0) is 59.8 Å². The molecule has 0 aliphatic heterocycles. The van der Waals surface area contributed by atoms with Gasteiger partial charge in [0.1, 0.15) is 5.01 Å². The highest BCUT2D eigenvalue weighted by atomic mass is 32.2. The molecule has 0 spiro atoms. The van der Waals surface area contributed by atoms with Gasteiger partial charge >= 0.3 is 0 Å². The third-order valence-corrected chi connectivity index (χ3v) is 8.74. The van der Waals surface area contributed by atoms with Crippen molar-refractivity contribution in [2.24, 2.45) is 16.6 Å². The Hall–Kier alpha value is -4.32. The second kappa shape index (κ2) is 14.4. The molecule has 1 aromatic heterocycles. The van der Waals surface area contributed by atoms with Crippen LogP contribution in [0.5, 0.6) is 0 Å². The monoisotopic (exact) mass is 583 g/mol. The first-order chi connectivity index (χ1) is 19.9. The molecule has 9 nitrogen and oxygen atoms in total. The van der Waals surface area contributed by atoms with Gasteiger partial charge in [-0.3, -0.25) is 9.59 Å². The third-order valence-electron chi connectivity index (χ3n) is 6.70. The van der Waals surface area contributed by atoms with E-state index in [-0.39, 0.29) is 35.8 Å². The minimum atomic E-state index is -0.391. The summed E-state index contributed by atoms with van der Waals surface area (Å²) in [6, 6.07) is 18.2. The van der Waals surface area contributed by atoms with Crippen LogP contribution in [0, 0.1) is 28.6 Å². The number of benzene rings is 2. The number of nitrogens with zero attached hydrogens (tertiary/aromatic N) is 5. The second-order valence-electron chi connectivity index (χ2n) is 9.55. The van der Waals surface area contributed by atoms with Crippen molar-refractivity contribution in [1.82, 2.24) is 10.2 Å². The van der Waals surface area contributed by atoms with Crippen LogP contribution in [-0.4, -0.2) is 27.2 Å². The number of amidine groups is 1. The number of thioether (sulfide) groups is 1. The van der Waals surface area contributed by atoms with Crippen molar-refractivity contribution in [3.63, 3.8) is 0 Å². The number of allylic oxidation sites excluding steroid dienone is 2. The number of hydrogen-bond donors (Lipinski definition) is 2. The first-order valence-corrected chi connectivity index (χ1v) is 14.9. The summed E-state index contributed by atoms with van der Waals surface area (Å²) in [5, 5.41) is 31.3. The lowest BCUT2D eigenvalue weighted by atomic mass is 10.0. The molecule has 1 fully saturated rings. The van der Waals surface area contributed by atoms with Crippen LogP contribution in [0.4, 0.5) is 5.13 Å². The molecule has 1 heterocycles. The fourth-order valence-corrected chi connectivity index (χ4v) is 6.71. The lowest BCUT2D eigenvalue weighted by Gasteiger charge is -2.14. The summed E-state index contributed by atoms with van der Waals surface area (Å²) in [6.45, 7) is 2.05. The van der Waals surface area contributed by atoms with E-state index in [4.69, 9.17) is 5.73 Å². The number of aromatic nitrogens is 2. The number of aliphatic imine (C=N–C) groups is 1. The molecule has 208 valence electrons. The fourth-order valence-electron chi connectivity index (χ4n) is 4.78. The molecule has 1 saturated carbocycles. The van der Waals surface area contributed by atoms with Crippen LogP contribution in [0.25, 0.3) is 0 Å². The molecular weight excluding hydrogens is 555 g/mol. The average molecular weight is 584 g/mol. The normalized spacial score (nSPS) is 17.0. The standard InChI is InChI=1S/C30H29N7O2S2/c1-2-7-25(40-29(33)34-26(38)15-19-8-3-5-10-23(19)17-31)21-12-13-22(14-21)28-36-37-30(41-28)35-27(39)16-20-9-4-6-11-24(20)18-32/h3-11,21-22H,2,12-16H2,1H3,(H2,33,34,38)(H,35,37,39). The highest BCUT2D eigenvalue weighted by Gasteiger charge is 2.31. The summed E-state index contributed by atoms with van der Waals surface area (Å²) in [4.78, 5) is 30.2. The first kappa shape index (κ1) is 29.7. The maximum Gasteiger partial charge on any atom is 0.252 e. The van der Waals surface area contributed by atoms with Gasteiger partial charge in [0.2, 0.25) is 11.0 Å². The van der Waals surface area contributed by atoms with Crippen molar-refractivity contribution in [3.05, 3.63) is 86.8 Å². The Kier molecular flexibility index (Phi) is 10.4. The molecule has 0 radical (unpaired) electrons. The van der Waals surface area contributed by atoms with Gasteiger partial charge in [-0.1, -0.05) is 72.5 Å². The maximum absolute atomic E-state index is 12.6. The summed E-state index contributed by atoms with van der Waals surface area (Å²) >= 11 is 2.69. The molecule has 3 N–H and O–H groups in total.